The van der Waals surface area contributed by atoms with Crippen LogP contribution >= 0.6 is 11.3 Å². The van der Waals surface area contributed by atoms with Crippen molar-refractivity contribution in [2.75, 3.05) is 13.2 Å². The molecule has 8 heteroatoms. The average Bonchev–Trinajstić information content (AvgIpc) is 3.20. The van der Waals surface area contributed by atoms with E-state index in [9.17, 15) is 0 Å². The molecule has 2 aromatic heterocycles. The zero-order chi connectivity index (χ0) is 14.7. The molecule has 1 aliphatic heterocycles. The maximum absolute atomic E-state index is 5.37. The van der Waals surface area contributed by atoms with E-state index in [4.69, 9.17) is 9.26 Å². The first-order chi connectivity index (χ1) is 10.3. The lowest BCUT2D eigenvalue weighted by Gasteiger charge is -2.19. The topological polar surface area (TPSA) is 77.2 Å². The summed E-state index contributed by atoms with van der Waals surface area (Å²) < 4.78 is 10.6. The highest BCUT2D eigenvalue weighted by molar-refractivity contribution is 7.13. The fraction of sp³-hybridized carbons (Fsp3) is 0.692. The van der Waals surface area contributed by atoms with Crippen molar-refractivity contribution in [1.29, 1.82) is 0 Å². The molecule has 0 unspecified atom stereocenters. The highest BCUT2D eigenvalue weighted by Gasteiger charge is 2.30. The smallest absolute Gasteiger partial charge is 0.294 e. The Morgan fingerprint density at radius 3 is 3.05 bits per heavy atom. The SMILES string of the molecule is CCOc1nnc(CN2CCC[C@H]2c2noc(CC)n2)s1. The van der Waals surface area contributed by atoms with Crippen molar-refractivity contribution in [3.05, 3.63) is 16.7 Å². The molecule has 1 saturated heterocycles. The Hall–Kier alpha value is -1.54. The lowest BCUT2D eigenvalue weighted by Crippen LogP contribution is -2.23. The summed E-state index contributed by atoms with van der Waals surface area (Å²) in [5.74, 6) is 1.49. The second-order valence-electron chi connectivity index (χ2n) is 4.92. The predicted molar refractivity (Wildman–Crippen MR) is 77.1 cm³/mol. The number of ether oxygens (including phenoxy) is 1. The summed E-state index contributed by atoms with van der Waals surface area (Å²) >= 11 is 1.50. The fourth-order valence-electron chi connectivity index (χ4n) is 2.51. The Morgan fingerprint density at radius 2 is 2.29 bits per heavy atom. The highest BCUT2D eigenvalue weighted by Crippen LogP contribution is 2.32. The van der Waals surface area contributed by atoms with E-state index in [0.717, 1.165) is 43.2 Å². The highest BCUT2D eigenvalue weighted by atomic mass is 32.1. The van der Waals surface area contributed by atoms with Crippen molar-refractivity contribution in [2.24, 2.45) is 0 Å². The van der Waals surface area contributed by atoms with Crippen molar-refractivity contribution < 1.29 is 9.26 Å². The Labute approximate surface area is 127 Å². The summed E-state index contributed by atoms with van der Waals surface area (Å²) in [6.45, 7) is 6.35. The molecule has 0 N–H and O–H groups in total. The molecule has 1 aliphatic rings. The first-order valence-electron chi connectivity index (χ1n) is 7.31. The Balaban J connectivity index is 1.68. The maximum atomic E-state index is 5.37. The molecule has 1 fully saturated rings. The van der Waals surface area contributed by atoms with Gasteiger partial charge in [0, 0.05) is 6.42 Å². The predicted octanol–water partition coefficient (Wildman–Crippen LogP) is 2.22. The minimum Gasteiger partial charge on any atom is -0.469 e. The standard InChI is InChI=1S/C13H19N5O2S/c1-3-10-14-12(17-20-10)9-6-5-7-18(9)8-11-15-16-13(21-11)19-4-2/h9H,3-8H2,1-2H3/t9-/m0/s1. The van der Waals surface area contributed by atoms with Gasteiger partial charge in [-0.05, 0) is 26.3 Å². The van der Waals surface area contributed by atoms with Crippen LogP contribution in [0.3, 0.4) is 0 Å². The van der Waals surface area contributed by atoms with E-state index in [1.807, 2.05) is 13.8 Å². The van der Waals surface area contributed by atoms with Gasteiger partial charge in [0.15, 0.2) is 5.82 Å². The van der Waals surface area contributed by atoms with Crippen LogP contribution < -0.4 is 4.74 Å². The van der Waals surface area contributed by atoms with Crippen molar-refractivity contribution in [3.8, 4) is 5.19 Å². The normalized spacial score (nSPS) is 19.2. The molecule has 0 aromatic carbocycles. The van der Waals surface area contributed by atoms with Crippen LogP contribution in [0.2, 0.25) is 0 Å². The molecule has 0 saturated carbocycles. The van der Waals surface area contributed by atoms with Crippen molar-refractivity contribution in [3.63, 3.8) is 0 Å². The van der Waals surface area contributed by atoms with E-state index in [0.29, 0.717) is 17.7 Å². The average molecular weight is 309 g/mol. The molecular formula is C13H19N5O2S. The third-order valence-corrected chi connectivity index (χ3v) is 4.32. The number of hydrogen-bond acceptors (Lipinski definition) is 8. The molecule has 21 heavy (non-hydrogen) atoms. The zero-order valence-electron chi connectivity index (χ0n) is 12.3. The third-order valence-electron chi connectivity index (χ3n) is 3.50. The molecule has 2 aromatic rings. The molecule has 3 heterocycles. The Morgan fingerprint density at radius 1 is 1.38 bits per heavy atom. The molecule has 0 aliphatic carbocycles. The van der Waals surface area contributed by atoms with Gasteiger partial charge >= 0.3 is 0 Å². The largest absolute Gasteiger partial charge is 0.469 e. The number of likely N-dealkylation sites (tertiary alicyclic amines) is 1. The van der Waals surface area contributed by atoms with Gasteiger partial charge in [-0.15, -0.1) is 10.2 Å². The fourth-order valence-corrected chi connectivity index (χ4v) is 3.28. The van der Waals surface area contributed by atoms with Crippen molar-refractivity contribution >= 4 is 11.3 Å². The van der Waals surface area contributed by atoms with Crippen LogP contribution in [0, 0.1) is 0 Å². The van der Waals surface area contributed by atoms with E-state index in [1.165, 1.54) is 11.3 Å². The molecule has 7 nitrogen and oxygen atoms in total. The molecule has 0 spiro atoms. The summed E-state index contributed by atoms with van der Waals surface area (Å²) in [6.07, 6.45) is 2.96. The minimum atomic E-state index is 0.216. The van der Waals surface area contributed by atoms with Crippen molar-refractivity contribution in [1.82, 2.24) is 25.2 Å². The molecule has 1 atom stereocenters. The second-order valence-corrected chi connectivity index (χ2v) is 5.95. The van der Waals surface area contributed by atoms with Crippen LogP contribution in [0.1, 0.15) is 49.5 Å². The van der Waals surface area contributed by atoms with Gasteiger partial charge in [-0.2, -0.15) is 4.98 Å². The van der Waals surface area contributed by atoms with Crippen LogP contribution in [0.5, 0.6) is 5.19 Å². The summed E-state index contributed by atoms with van der Waals surface area (Å²) in [7, 11) is 0. The van der Waals surface area contributed by atoms with Gasteiger partial charge in [0.05, 0.1) is 19.2 Å². The van der Waals surface area contributed by atoms with Gasteiger partial charge in [0.1, 0.15) is 5.01 Å². The molecule has 114 valence electrons. The van der Waals surface area contributed by atoms with Gasteiger partial charge in [0.2, 0.25) is 5.89 Å². The summed E-state index contributed by atoms with van der Waals surface area (Å²) in [5.41, 5.74) is 0. The summed E-state index contributed by atoms with van der Waals surface area (Å²) in [6, 6.07) is 0.216. The van der Waals surface area contributed by atoms with Crippen LogP contribution in [0.4, 0.5) is 0 Å². The van der Waals surface area contributed by atoms with E-state index < -0.39 is 0 Å². The minimum absolute atomic E-state index is 0.216. The van der Waals surface area contributed by atoms with Crippen LogP contribution in [0.15, 0.2) is 4.52 Å². The lowest BCUT2D eigenvalue weighted by atomic mass is 10.2. The van der Waals surface area contributed by atoms with Gasteiger partial charge < -0.3 is 9.26 Å². The van der Waals surface area contributed by atoms with E-state index >= 15 is 0 Å². The maximum Gasteiger partial charge on any atom is 0.294 e. The van der Waals surface area contributed by atoms with Crippen LogP contribution in [0.25, 0.3) is 0 Å². The van der Waals surface area contributed by atoms with E-state index in [2.05, 4.69) is 25.2 Å². The number of nitrogens with zero attached hydrogens (tertiary/aromatic N) is 5. The van der Waals surface area contributed by atoms with E-state index in [1.54, 1.807) is 0 Å². The molecule has 0 amide bonds. The van der Waals surface area contributed by atoms with Gasteiger partial charge in [0.25, 0.3) is 5.19 Å². The first-order valence-corrected chi connectivity index (χ1v) is 8.13. The van der Waals surface area contributed by atoms with E-state index in [-0.39, 0.29) is 6.04 Å². The number of rotatable bonds is 6. The molecular weight excluding hydrogens is 290 g/mol. The molecule has 0 radical (unpaired) electrons. The summed E-state index contributed by atoms with van der Waals surface area (Å²) in [4.78, 5) is 6.79. The van der Waals surface area contributed by atoms with Crippen molar-refractivity contribution in [2.45, 2.75) is 45.7 Å². The van der Waals surface area contributed by atoms with Gasteiger partial charge in [-0.1, -0.05) is 23.4 Å². The monoisotopic (exact) mass is 309 g/mol. The molecule has 3 rings (SSSR count). The number of hydrogen-bond donors (Lipinski definition) is 0. The Bertz CT molecular complexity index is 585. The third kappa shape index (κ3) is 3.21. The summed E-state index contributed by atoms with van der Waals surface area (Å²) in [5, 5.41) is 13.9. The Kier molecular flexibility index (Phi) is 4.45. The number of aromatic nitrogens is 4. The van der Waals surface area contributed by atoms with Gasteiger partial charge in [-0.25, -0.2) is 0 Å². The second kappa shape index (κ2) is 6.48. The van der Waals surface area contributed by atoms with Gasteiger partial charge in [-0.3, -0.25) is 4.90 Å². The van der Waals surface area contributed by atoms with Crippen LogP contribution in [-0.2, 0) is 13.0 Å². The number of aryl methyl sites for hydroxylation is 1. The zero-order valence-corrected chi connectivity index (χ0v) is 13.1. The van der Waals surface area contributed by atoms with Crippen LogP contribution in [-0.4, -0.2) is 38.4 Å². The first kappa shape index (κ1) is 14.4. The molecule has 0 bridgehead atoms. The lowest BCUT2D eigenvalue weighted by molar-refractivity contribution is 0.233. The quantitative estimate of drug-likeness (QED) is 0.809.